The van der Waals surface area contributed by atoms with Gasteiger partial charge in [0, 0.05) is 6.61 Å². The molecule has 0 saturated carbocycles. The second-order valence-electron chi connectivity index (χ2n) is 5.43. The zero-order valence-corrected chi connectivity index (χ0v) is 10.2. The summed E-state index contributed by atoms with van der Waals surface area (Å²) in [5.41, 5.74) is 1.59. The van der Waals surface area contributed by atoms with Gasteiger partial charge < -0.3 is 4.74 Å². The van der Waals surface area contributed by atoms with Gasteiger partial charge in [-0.3, -0.25) is 0 Å². The molecular weight excluding hydrogens is 184 g/mol. The van der Waals surface area contributed by atoms with Crippen LogP contribution in [0.25, 0.3) is 0 Å². The predicted octanol–water partition coefficient (Wildman–Crippen LogP) is 3.94. The lowest BCUT2D eigenvalue weighted by Crippen LogP contribution is -2.19. The summed E-state index contributed by atoms with van der Waals surface area (Å²) in [5, 5.41) is 0. The van der Waals surface area contributed by atoms with Crippen LogP contribution >= 0.6 is 0 Å². The number of hydrogen-bond acceptors (Lipinski definition) is 1. The van der Waals surface area contributed by atoms with Gasteiger partial charge >= 0.3 is 0 Å². The van der Waals surface area contributed by atoms with Gasteiger partial charge in [0.25, 0.3) is 0 Å². The minimum absolute atomic E-state index is 0.576. The molecule has 0 aromatic heterocycles. The van der Waals surface area contributed by atoms with Crippen molar-refractivity contribution < 1.29 is 4.74 Å². The molecule has 0 spiro atoms. The first-order valence-corrected chi connectivity index (χ1v) is 6.53. The van der Waals surface area contributed by atoms with Gasteiger partial charge in [0.1, 0.15) is 0 Å². The van der Waals surface area contributed by atoms with Gasteiger partial charge in [-0.15, -0.1) is 0 Å². The normalized spacial score (nSPS) is 33.9. The van der Waals surface area contributed by atoms with Crippen LogP contribution in [-0.4, -0.2) is 12.7 Å². The van der Waals surface area contributed by atoms with Crippen molar-refractivity contribution in [1.29, 1.82) is 0 Å². The fraction of sp³-hybridized carbons (Fsp3) is 0.857. The maximum atomic E-state index is 5.72. The van der Waals surface area contributed by atoms with E-state index in [1.165, 1.54) is 38.5 Å². The molecule has 86 valence electrons. The summed E-state index contributed by atoms with van der Waals surface area (Å²) in [5.74, 6) is 1.76. The highest BCUT2D eigenvalue weighted by molar-refractivity contribution is 5.03. The Labute approximate surface area is 93.9 Å². The summed E-state index contributed by atoms with van der Waals surface area (Å²) in [6, 6.07) is 0. The minimum atomic E-state index is 0.576. The van der Waals surface area contributed by atoms with E-state index >= 15 is 0 Å². The first-order chi connectivity index (χ1) is 7.25. The fourth-order valence-corrected chi connectivity index (χ4v) is 2.94. The highest BCUT2D eigenvalue weighted by Crippen LogP contribution is 2.33. The first-order valence-electron chi connectivity index (χ1n) is 6.53. The molecule has 2 rings (SSSR count). The van der Waals surface area contributed by atoms with E-state index in [4.69, 9.17) is 4.74 Å². The lowest BCUT2D eigenvalue weighted by Gasteiger charge is -2.28. The molecule has 3 unspecified atom stereocenters. The Balaban J connectivity index is 1.77. The Morgan fingerprint density at radius 1 is 1.47 bits per heavy atom. The highest BCUT2D eigenvalue weighted by Gasteiger charge is 2.24. The molecule has 15 heavy (non-hydrogen) atoms. The lowest BCUT2D eigenvalue weighted by molar-refractivity contribution is 0.0810. The minimum Gasteiger partial charge on any atom is -0.378 e. The van der Waals surface area contributed by atoms with Crippen molar-refractivity contribution in [2.45, 2.75) is 58.5 Å². The SMILES string of the molecule is CC1=CCC(C(C)CC2CCCO2)CC1. The summed E-state index contributed by atoms with van der Waals surface area (Å²) in [6.45, 7) is 5.68. The van der Waals surface area contributed by atoms with Crippen molar-refractivity contribution in [3.8, 4) is 0 Å². The molecular formula is C14H24O. The summed E-state index contributed by atoms with van der Waals surface area (Å²) >= 11 is 0. The molecule has 1 aliphatic heterocycles. The predicted molar refractivity (Wildman–Crippen MR) is 63.9 cm³/mol. The van der Waals surface area contributed by atoms with Gasteiger partial charge in [0.15, 0.2) is 0 Å². The van der Waals surface area contributed by atoms with E-state index in [1.54, 1.807) is 5.57 Å². The van der Waals surface area contributed by atoms with Crippen LogP contribution in [0.1, 0.15) is 52.4 Å². The van der Waals surface area contributed by atoms with Gasteiger partial charge in [0.2, 0.25) is 0 Å². The van der Waals surface area contributed by atoms with Gasteiger partial charge in [-0.2, -0.15) is 0 Å². The van der Waals surface area contributed by atoms with Gasteiger partial charge in [-0.1, -0.05) is 18.6 Å². The maximum absolute atomic E-state index is 5.72. The molecule has 0 aromatic carbocycles. The van der Waals surface area contributed by atoms with Crippen molar-refractivity contribution in [3.63, 3.8) is 0 Å². The molecule has 0 amide bonds. The quantitative estimate of drug-likeness (QED) is 0.638. The molecule has 0 N–H and O–H groups in total. The zero-order chi connectivity index (χ0) is 10.7. The van der Waals surface area contributed by atoms with Crippen molar-refractivity contribution in [3.05, 3.63) is 11.6 Å². The summed E-state index contributed by atoms with van der Waals surface area (Å²) < 4.78 is 5.72. The number of ether oxygens (including phenoxy) is 1. The van der Waals surface area contributed by atoms with Crippen LogP contribution in [0.4, 0.5) is 0 Å². The Morgan fingerprint density at radius 2 is 2.33 bits per heavy atom. The molecule has 1 aliphatic carbocycles. The van der Waals surface area contributed by atoms with Crippen LogP contribution in [0.2, 0.25) is 0 Å². The third-order valence-electron chi connectivity index (χ3n) is 4.14. The average Bonchev–Trinajstić information content (AvgIpc) is 2.71. The highest BCUT2D eigenvalue weighted by atomic mass is 16.5. The van der Waals surface area contributed by atoms with Crippen LogP contribution < -0.4 is 0 Å². The van der Waals surface area contributed by atoms with Gasteiger partial charge in [-0.05, 0) is 57.3 Å². The summed E-state index contributed by atoms with van der Waals surface area (Å²) in [4.78, 5) is 0. The van der Waals surface area contributed by atoms with Crippen molar-refractivity contribution in [1.82, 2.24) is 0 Å². The smallest absolute Gasteiger partial charge is 0.0578 e. The van der Waals surface area contributed by atoms with Crippen LogP contribution in [0.5, 0.6) is 0 Å². The largest absolute Gasteiger partial charge is 0.378 e. The van der Waals surface area contributed by atoms with Crippen molar-refractivity contribution in [2.75, 3.05) is 6.61 Å². The number of hydrogen-bond donors (Lipinski definition) is 0. The van der Waals surface area contributed by atoms with E-state index in [0.29, 0.717) is 6.10 Å². The molecule has 3 atom stereocenters. The summed E-state index contributed by atoms with van der Waals surface area (Å²) in [7, 11) is 0. The molecule has 1 heterocycles. The standard InChI is InChI=1S/C14H24O/c1-11-5-7-13(8-6-11)12(2)10-14-4-3-9-15-14/h5,12-14H,3-4,6-10H2,1-2H3. The molecule has 1 saturated heterocycles. The van der Waals surface area contributed by atoms with Crippen molar-refractivity contribution in [2.24, 2.45) is 11.8 Å². The molecule has 1 heteroatoms. The number of allylic oxidation sites excluding steroid dienone is 2. The van der Waals surface area contributed by atoms with E-state index in [2.05, 4.69) is 19.9 Å². The first kappa shape index (κ1) is 11.2. The fourth-order valence-electron chi connectivity index (χ4n) is 2.94. The Bertz CT molecular complexity index is 225. The second kappa shape index (κ2) is 5.16. The van der Waals surface area contributed by atoms with Gasteiger partial charge in [-0.25, -0.2) is 0 Å². The topological polar surface area (TPSA) is 9.23 Å². The van der Waals surface area contributed by atoms with E-state index in [0.717, 1.165) is 18.4 Å². The Kier molecular flexibility index (Phi) is 3.85. The second-order valence-corrected chi connectivity index (χ2v) is 5.43. The average molecular weight is 208 g/mol. The van der Waals surface area contributed by atoms with Crippen molar-refractivity contribution >= 4 is 0 Å². The summed E-state index contributed by atoms with van der Waals surface area (Å²) in [6.07, 6.45) is 10.9. The lowest BCUT2D eigenvalue weighted by atomic mass is 9.79. The van der Waals surface area contributed by atoms with E-state index in [9.17, 15) is 0 Å². The monoisotopic (exact) mass is 208 g/mol. The van der Waals surface area contributed by atoms with Crippen LogP contribution in [0.3, 0.4) is 0 Å². The molecule has 2 aliphatic rings. The van der Waals surface area contributed by atoms with Crippen LogP contribution in [0.15, 0.2) is 11.6 Å². The Hall–Kier alpha value is -0.300. The number of rotatable bonds is 3. The van der Waals surface area contributed by atoms with E-state index < -0.39 is 0 Å². The van der Waals surface area contributed by atoms with E-state index in [1.807, 2.05) is 0 Å². The molecule has 0 aromatic rings. The maximum Gasteiger partial charge on any atom is 0.0578 e. The third-order valence-corrected chi connectivity index (χ3v) is 4.14. The molecule has 0 radical (unpaired) electrons. The third kappa shape index (κ3) is 3.07. The molecule has 0 bridgehead atoms. The van der Waals surface area contributed by atoms with Gasteiger partial charge in [0.05, 0.1) is 6.10 Å². The molecule has 1 fully saturated rings. The zero-order valence-electron chi connectivity index (χ0n) is 10.2. The Morgan fingerprint density at radius 3 is 2.93 bits per heavy atom. The van der Waals surface area contributed by atoms with E-state index in [-0.39, 0.29) is 0 Å². The molecule has 1 nitrogen and oxygen atoms in total. The van der Waals surface area contributed by atoms with Crippen LogP contribution in [0, 0.1) is 11.8 Å². The van der Waals surface area contributed by atoms with Crippen LogP contribution in [-0.2, 0) is 4.74 Å².